The number of carbonyl (C=O) groups is 1. The Morgan fingerprint density at radius 2 is 1.93 bits per heavy atom. The molecule has 1 saturated heterocycles. The second-order valence-corrected chi connectivity index (χ2v) is 11.0. The van der Waals surface area contributed by atoms with Gasteiger partial charge in [0.15, 0.2) is 9.84 Å². The van der Waals surface area contributed by atoms with Crippen molar-refractivity contribution in [2.24, 2.45) is 17.0 Å². The summed E-state index contributed by atoms with van der Waals surface area (Å²) in [5.41, 5.74) is 0.407. The van der Waals surface area contributed by atoms with Crippen LogP contribution in [0.1, 0.15) is 25.7 Å². The van der Waals surface area contributed by atoms with Crippen molar-refractivity contribution in [1.29, 1.82) is 0 Å². The van der Waals surface area contributed by atoms with Gasteiger partial charge in [-0.1, -0.05) is 0 Å². The van der Waals surface area contributed by atoms with Gasteiger partial charge in [0, 0.05) is 25.9 Å². The predicted molar refractivity (Wildman–Crippen MR) is 102 cm³/mol. The van der Waals surface area contributed by atoms with E-state index in [4.69, 9.17) is 5.14 Å². The van der Waals surface area contributed by atoms with E-state index in [0.717, 1.165) is 38.0 Å². The van der Waals surface area contributed by atoms with Crippen molar-refractivity contribution < 1.29 is 21.6 Å². The van der Waals surface area contributed by atoms with E-state index in [1.54, 1.807) is 0 Å². The van der Waals surface area contributed by atoms with Gasteiger partial charge in [-0.25, -0.2) is 22.0 Å². The minimum absolute atomic E-state index is 0.00587. The SMILES string of the molecule is CS(=O)(=O)c1cc(S(N)(=O)=O)ccc1N1CCCC(C(=O)NCC2CC2)C1. The third-order valence-electron chi connectivity index (χ3n) is 5.05. The van der Waals surface area contributed by atoms with Gasteiger partial charge in [0.2, 0.25) is 15.9 Å². The van der Waals surface area contributed by atoms with Crippen LogP contribution in [0.3, 0.4) is 0 Å². The van der Waals surface area contributed by atoms with Gasteiger partial charge in [-0.3, -0.25) is 4.79 Å². The number of primary sulfonamides is 1. The summed E-state index contributed by atoms with van der Waals surface area (Å²) in [6.07, 6.45) is 4.84. The highest BCUT2D eigenvalue weighted by Crippen LogP contribution is 2.32. The maximum Gasteiger partial charge on any atom is 0.238 e. The lowest BCUT2D eigenvalue weighted by atomic mass is 9.96. The van der Waals surface area contributed by atoms with E-state index in [2.05, 4.69) is 5.32 Å². The zero-order chi connectivity index (χ0) is 19.8. The van der Waals surface area contributed by atoms with Crippen LogP contribution in [-0.4, -0.2) is 48.6 Å². The maximum atomic E-state index is 12.4. The summed E-state index contributed by atoms with van der Waals surface area (Å²) in [4.78, 5) is 13.9. The van der Waals surface area contributed by atoms with Crippen LogP contribution >= 0.6 is 0 Å². The highest BCUT2D eigenvalue weighted by Gasteiger charge is 2.30. The van der Waals surface area contributed by atoms with Crippen LogP contribution in [0.15, 0.2) is 28.0 Å². The number of carbonyl (C=O) groups excluding carboxylic acids is 1. The third kappa shape index (κ3) is 4.99. The van der Waals surface area contributed by atoms with Crippen molar-refractivity contribution in [3.8, 4) is 0 Å². The molecule has 0 radical (unpaired) electrons. The highest BCUT2D eigenvalue weighted by atomic mass is 32.2. The molecule has 27 heavy (non-hydrogen) atoms. The number of rotatable bonds is 6. The predicted octanol–water partition coefficient (Wildman–Crippen LogP) is 0.480. The van der Waals surface area contributed by atoms with Crippen LogP contribution in [0.25, 0.3) is 0 Å². The smallest absolute Gasteiger partial charge is 0.238 e. The molecule has 10 heteroatoms. The molecule has 1 aliphatic heterocycles. The van der Waals surface area contributed by atoms with Crippen molar-refractivity contribution in [3.63, 3.8) is 0 Å². The summed E-state index contributed by atoms with van der Waals surface area (Å²) in [5, 5.41) is 8.11. The lowest BCUT2D eigenvalue weighted by Crippen LogP contribution is -2.44. The van der Waals surface area contributed by atoms with Crippen LogP contribution in [0, 0.1) is 11.8 Å². The fraction of sp³-hybridized carbons (Fsp3) is 0.588. The van der Waals surface area contributed by atoms with E-state index < -0.39 is 19.9 Å². The molecule has 0 bridgehead atoms. The van der Waals surface area contributed by atoms with Crippen LogP contribution in [0.2, 0.25) is 0 Å². The van der Waals surface area contributed by atoms with E-state index in [0.29, 0.717) is 31.2 Å². The van der Waals surface area contributed by atoms with E-state index in [9.17, 15) is 21.6 Å². The standard InChI is InChI=1S/C17H25N3O5S2/c1-26(22,23)16-9-14(27(18,24)25)6-7-15(16)20-8-2-3-13(11-20)17(21)19-10-12-4-5-12/h6-7,9,12-13H,2-5,8,10-11H2,1H3,(H,19,21)(H2,18,24,25). The Morgan fingerprint density at radius 3 is 2.52 bits per heavy atom. The van der Waals surface area contributed by atoms with Crippen molar-refractivity contribution >= 4 is 31.5 Å². The normalized spacial score (nSPS) is 21.1. The van der Waals surface area contributed by atoms with E-state index >= 15 is 0 Å². The first-order valence-electron chi connectivity index (χ1n) is 8.95. The Hall–Kier alpha value is -1.65. The topological polar surface area (TPSA) is 127 Å². The minimum Gasteiger partial charge on any atom is -0.370 e. The van der Waals surface area contributed by atoms with Crippen LogP contribution in [-0.2, 0) is 24.7 Å². The Morgan fingerprint density at radius 1 is 1.22 bits per heavy atom. The lowest BCUT2D eigenvalue weighted by molar-refractivity contribution is -0.125. The molecule has 1 unspecified atom stereocenters. The molecule has 1 amide bonds. The average Bonchev–Trinajstić information content (AvgIpc) is 3.42. The Labute approximate surface area is 160 Å². The zero-order valence-corrected chi connectivity index (χ0v) is 16.9. The first kappa shape index (κ1) is 20.1. The lowest BCUT2D eigenvalue weighted by Gasteiger charge is -2.34. The summed E-state index contributed by atoms with van der Waals surface area (Å²) in [5.74, 6) is 0.368. The molecule has 2 fully saturated rings. The molecular weight excluding hydrogens is 390 g/mol. The first-order chi connectivity index (χ1) is 12.6. The van der Waals surface area contributed by atoms with Gasteiger partial charge in [-0.2, -0.15) is 0 Å². The van der Waals surface area contributed by atoms with Gasteiger partial charge >= 0.3 is 0 Å². The fourth-order valence-electron chi connectivity index (χ4n) is 3.35. The highest BCUT2D eigenvalue weighted by molar-refractivity contribution is 7.91. The van der Waals surface area contributed by atoms with Gasteiger partial charge in [0.05, 0.1) is 21.4 Å². The van der Waals surface area contributed by atoms with Gasteiger partial charge in [0.25, 0.3) is 0 Å². The van der Waals surface area contributed by atoms with E-state index in [-0.39, 0.29) is 21.6 Å². The molecule has 0 aromatic heterocycles. The van der Waals surface area contributed by atoms with Gasteiger partial charge < -0.3 is 10.2 Å². The number of piperidine rings is 1. The molecule has 0 spiro atoms. The number of nitrogens with two attached hydrogens (primary N) is 1. The number of hydrogen-bond acceptors (Lipinski definition) is 6. The minimum atomic E-state index is -4.01. The molecule has 1 atom stereocenters. The quantitative estimate of drug-likeness (QED) is 0.696. The summed E-state index contributed by atoms with van der Waals surface area (Å²) >= 11 is 0. The average molecular weight is 416 g/mol. The van der Waals surface area contributed by atoms with E-state index in [1.807, 2.05) is 4.90 Å². The Balaban J connectivity index is 1.84. The maximum absolute atomic E-state index is 12.4. The summed E-state index contributed by atoms with van der Waals surface area (Å²) in [6, 6.07) is 3.85. The molecular formula is C17H25N3O5S2. The molecule has 1 aliphatic carbocycles. The molecule has 1 saturated carbocycles. The van der Waals surface area contributed by atoms with Crippen molar-refractivity contribution in [3.05, 3.63) is 18.2 Å². The van der Waals surface area contributed by atoms with Crippen molar-refractivity contribution in [2.75, 3.05) is 30.8 Å². The number of nitrogens with zero attached hydrogens (tertiary/aromatic N) is 1. The largest absolute Gasteiger partial charge is 0.370 e. The number of hydrogen-bond donors (Lipinski definition) is 2. The molecule has 8 nitrogen and oxygen atoms in total. The van der Waals surface area contributed by atoms with E-state index in [1.165, 1.54) is 12.1 Å². The molecule has 3 N–H and O–H groups in total. The van der Waals surface area contributed by atoms with Crippen molar-refractivity contribution in [1.82, 2.24) is 5.32 Å². The monoisotopic (exact) mass is 415 g/mol. The number of benzene rings is 1. The third-order valence-corrected chi connectivity index (χ3v) is 7.09. The number of anilines is 1. The summed E-state index contributed by atoms with van der Waals surface area (Å²) < 4.78 is 47.6. The number of sulfonamides is 1. The van der Waals surface area contributed by atoms with Crippen molar-refractivity contribution in [2.45, 2.75) is 35.5 Å². The molecule has 1 aromatic rings. The van der Waals surface area contributed by atoms with Gasteiger partial charge in [-0.05, 0) is 49.8 Å². The molecule has 1 heterocycles. The van der Waals surface area contributed by atoms with Crippen LogP contribution in [0.5, 0.6) is 0 Å². The number of nitrogens with one attached hydrogen (secondary N) is 1. The second-order valence-electron chi connectivity index (χ2n) is 7.42. The second kappa shape index (κ2) is 7.40. The molecule has 150 valence electrons. The Kier molecular flexibility index (Phi) is 5.51. The van der Waals surface area contributed by atoms with Crippen LogP contribution < -0.4 is 15.4 Å². The summed E-state index contributed by atoms with van der Waals surface area (Å²) in [6.45, 7) is 1.70. The number of sulfone groups is 1. The van der Waals surface area contributed by atoms with Gasteiger partial charge in [-0.15, -0.1) is 0 Å². The number of amides is 1. The van der Waals surface area contributed by atoms with Crippen LogP contribution in [0.4, 0.5) is 5.69 Å². The molecule has 2 aliphatic rings. The Bertz CT molecular complexity index is 939. The van der Waals surface area contributed by atoms with Gasteiger partial charge in [0.1, 0.15) is 0 Å². The zero-order valence-electron chi connectivity index (χ0n) is 15.2. The molecule has 1 aromatic carbocycles. The first-order valence-corrected chi connectivity index (χ1v) is 12.4. The fourth-order valence-corrected chi connectivity index (χ4v) is 4.88. The molecule has 3 rings (SSSR count). The summed E-state index contributed by atoms with van der Waals surface area (Å²) in [7, 11) is -7.69.